The highest BCUT2D eigenvalue weighted by atomic mass is 15.1. The Morgan fingerprint density at radius 1 is 1.00 bits per heavy atom. The van der Waals surface area contributed by atoms with E-state index in [1.807, 2.05) is 0 Å². The summed E-state index contributed by atoms with van der Waals surface area (Å²) in [7, 11) is 2.29. The average molecular weight is 226 g/mol. The van der Waals surface area contributed by atoms with Crippen LogP contribution in [0.3, 0.4) is 0 Å². The lowest BCUT2D eigenvalue weighted by atomic mass is 10.1. The predicted octanol–water partition coefficient (Wildman–Crippen LogP) is 3.02. The fourth-order valence-corrected chi connectivity index (χ4v) is 2.78. The molecule has 1 rings (SSSR count). The standard InChI is InChI=1S/C14H30N2/c1-16(13-14-9-5-6-10-14)12-8-4-2-3-7-11-15/h14H,2-13,15H2,1H3. The van der Waals surface area contributed by atoms with E-state index in [1.165, 1.54) is 70.9 Å². The minimum Gasteiger partial charge on any atom is -0.330 e. The molecule has 0 atom stereocenters. The molecule has 0 bridgehead atoms. The normalized spacial score (nSPS) is 17.4. The molecule has 2 nitrogen and oxygen atoms in total. The van der Waals surface area contributed by atoms with Crippen LogP contribution in [0, 0.1) is 5.92 Å². The molecule has 16 heavy (non-hydrogen) atoms. The van der Waals surface area contributed by atoms with Crippen molar-refractivity contribution in [1.82, 2.24) is 4.90 Å². The summed E-state index contributed by atoms with van der Waals surface area (Å²) in [6.45, 7) is 3.49. The first-order valence-corrected chi connectivity index (χ1v) is 7.21. The van der Waals surface area contributed by atoms with E-state index >= 15 is 0 Å². The van der Waals surface area contributed by atoms with Crippen molar-refractivity contribution in [3.63, 3.8) is 0 Å². The van der Waals surface area contributed by atoms with Crippen LogP contribution in [-0.4, -0.2) is 31.6 Å². The van der Waals surface area contributed by atoms with Crippen molar-refractivity contribution in [1.29, 1.82) is 0 Å². The Labute approximate surface area is 102 Å². The predicted molar refractivity (Wildman–Crippen MR) is 71.6 cm³/mol. The van der Waals surface area contributed by atoms with E-state index < -0.39 is 0 Å². The molecular formula is C14H30N2. The summed E-state index contributed by atoms with van der Waals surface area (Å²) in [5, 5.41) is 0. The van der Waals surface area contributed by atoms with Gasteiger partial charge in [-0.15, -0.1) is 0 Å². The molecule has 1 aliphatic carbocycles. The largest absolute Gasteiger partial charge is 0.330 e. The molecule has 0 aromatic heterocycles. The lowest BCUT2D eigenvalue weighted by molar-refractivity contribution is 0.272. The average Bonchev–Trinajstić information content (AvgIpc) is 2.76. The topological polar surface area (TPSA) is 29.3 Å². The zero-order valence-corrected chi connectivity index (χ0v) is 11.1. The van der Waals surface area contributed by atoms with Crippen LogP contribution in [-0.2, 0) is 0 Å². The van der Waals surface area contributed by atoms with Gasteiger partial charge in [-0.25, -0.2) is 0 Å². The maximum Gasteiger partial charge on any atom is 0.000661 e. The monoisotopic (exact) mass is 226 g/mol. The van der Waals surface area contributed by atoms with Gasteiger partial charge in [-0.1, -0.05) is 32.1 Å². The minimum atomic E-state index is 0.863. The van der Waals surface area contributed by atoms with Crippen LogP contribution < -0.4 is 5.73 Å². The maximum atomic E-state index is 5.47. The van der Waals surface area contributed by atoms with Gasteiger partial charge < -0.3 is 10.6 Å². The Balaban J connectivity index is 1.87. The van der Waals surface area contributed by atoms with Crippen LogP contribution in [0.2, 0.25) is 0 Å². The Morgan fingerprint density at radius 2 is 1.62 bits per heavy atom. The quantitative estimate of drug-likeness (QED) is 0.612. The van der Waals surface area contributed by atoms with Gasteiger partial charge >= 0.3 is 0 Å². The molecule has 1 saturated carbocycles. The number of unbranched alkanes of at least 4 members (excludes halogenated alkanes) is 4. The molecule has 1 aliphatic rings. The molecule has 2 N–H and O–H groups in total. The molecule has 0 saturated heterocycles. The summed E-state index contributed by atoms with van der Waals surface area (Å²) in [6, 6.07) is 0. The molecule has 0 amide bonds. The molecule has 0 aromatic carbocycles. The fourth-order valence-electron chi connectivity index (χ4n) is 2.78. The third-order valence-corrected chi connectivity index (χ3v) is 3.79. The third kappa shape index (κ3) is 6.49. The molecule has 0 unspecified atom stereocenters. The van der Waals surface area contributed by atoms with Crippen LogP contribution in [0.5, 0.6) is 0 Å². The van der Waals surface area contributed by atoms with Crippen molar-refractivity contribution >= 4 is 0 Å². The molecule has 96 valence electrons. The first-order chi connectivity index (χ1) is 7.83. The summed E-state index contributed by atoms with van der Waals surface area (Å²) in [4.78, 5) is 2.54. The molecule has 2 heteroatoms. The Kier molecular flexibility index (Phi) is 7.87. The highest BCUT2D eigenvalue weighted by molar-refractivity contribution is 4.70. The summed E-state index contributed by atoms with van der Waals surface area (Å²) >= 11 is 0. The molecule has 0 radical (unpaired) electrons. The van der Waals surface area contributed by atoms with E-state index in [-0.39, 0.29) is 0 Å². The van der Waals surface area contributed by atoms with Gasteiger partial charge in [0.2, 0.25) is 0 Å². The van der Waals surface area contributed by atoms with Crippen molar-refractivity contribution in [3.8, 4) is 0 Å². The van der Waals surface area contributed by atoms with Crippen molar-refractivity contribution in [2.75, 3.05) is 26.7 Å². The van der Waals surface area contributed by atoms with Crippen LogP contribution in [0.1, 0.15) is 57.8 Å². The summed E-state index contributed by atoms with van der Waals surface area (Å²) in [5.41, 5.74) is 5.47. The molecule has 0 aliphatic heterocycles. The number of nitrogens with zero attached hydrogens (tertiary/aromatic N) is 1. The first kappa shape index (κ1) is 14.0. The number of hydrogen-bond donors (Lipinski definition) is 1. The molecule has 0 spiro atoms. The van der Waals surface area contributed by atoms with E-state index in [0.717, 1.165) is 12.5 Å². The van der Waals surface area contributed by atoms with Gasteiger partial charge in [0.25, 0.3) is 0 Å². The Morgan fingerprint density at radius 3 is 2.31 bits per heavy atom. The second-order valence-corrected chi connectivity index (χ2v) is 5.47. The van der Waals surface area contributed by atoms with Crippen LogP contribution in [0.4, 0.5) is 0 Å². The second kappa shape index (κ2) is 9.00. The van der Waals surface area contributed by atoms with Gasteiger partial charge in [-0.3, -0.25) is 0 Å². The zero-order chi connectivity index (χ0) is 11.6. The fraction of sp³-hybridized carbons (Fsp3) is 1.00. The summed E-state index contributed by atoms with van der Waals surface area (Å²) in [6.07, 6.45) is 12.5. The Hall–Kier alpha value is -0.0800. The lowest BCUT2D eigenvalue weighted by Crippen LogP contribution is -2.25. The van der Waals surface area contributed by atoms with Crippen LogP contribution >= 0.6 is 0 Å². The van der Waals surface area contributed by atoms with Crippen molar-refractivity contribution in [2.45, 2.75) is 57.8 Å². The van der Waals surface area contributed by atoms with E-state index in [2.05, 4.69) is 11.9 Å². The minimum absolute atomic E-state index is 0.863. The van der Waals surface area contributed by atoms with Crippen molar-refractivity contribution in [3.05, 3.63) is 0 Å². The molecule has 0 heterocycles. The van der Waals surface area contributed by atoms with E-state index in [0.29, 0.717) is 0 Å². The van der Waals surface area contributed by atoms with Gasteiger partial charge in [0.15, 0.2) is 0 Å². The summed E-state index contributed by atoms with van der Waals surface area (Å²) in [5.74, 6) is 1.00. The van der Waals surface area contributed by atoms with Crippen LogP contribution in [0.25, 0.3) is 0 Å². The molecule has 1 fully saturated rings. The second-order valence-electron chi connectivity index (χ2n) is 5.47. The summed E-state index contributed by atoms with van der Waals surface area (Å²) < 4.78 is 0. The van der Waals surface area contributed by atoms with Crippen LogP contribution in [0.15, 0.2) is 0 Å². The molecule has 0 aromatic rings. The lowest BCUT2D eigenvalue weighted by Gasteiger charge is -2.20. The SMILES string of the molecule is CN(CCCCCCCN)CC1CCCC1. The third-order valence-electron chi connectivity index (χ3n) is 3.79. The van der Waals surface area contributed by atoms with Crippen molar-refractivity contribution in [2.24, 2.45) is 11.7 Å². The van der Waals surface area contributed by atoms with Gasteiger partial charge in [-0.05, 0) is 51.7 Å². The highest BCUT2D eigenvalue weighted by Crippen LogP contribution is 2.25. The van der Waals surface area contributed by atoms with Gasteiger partial charge in [0.1, 0.15) is 0 Å². The van der Waals surface area contributed by atoms with E-state index in [9.17, 15) is 0 Å². The van der Waals surface area contributed by atoms with Gasteiger partial charge in [0, 0.05) is 6.54 Å². The van der Waals surface area contributed by atoms with Crippen molar-refractivity contribution < 1.29 is 0 Å². The van der Waals surface area contributed by atoms with Gasteiger partial charge in [-0.2, -0.15) is 0 Å². The number of rotatable bonds is 9. The number of nitrogens with two attached hydrogens (primary N) is 1. The smallest absolute Gasteiger partial charge is 0.000661 e. The van der Waals surface area contributed by atoms with E-state index in [1.54, 1.807) is 0 Å². The zero-order valence-electron chi connectivity index (χ0n) is 11.1. The first-order valence-electron chi connectivity index (χ1n) is 7.21. The number of hydrogen-bond acceptors (Lipinski definition) is 2. The van der Waals surface area contributed by atoms with Gasteiger partial charge in [0.05, 0.1) is 0 Å². The molecular weight excluding hydrogens is 196 g/mol. The van der Waals surface area contributed by atoms with E-state index in [4.69, 9.17) is 5.73 Å². The maximum absolute atomic E-state index is 5.47. The highest BCUT2D eigenvalue weighted by Gasteiger charge is 2.16. The Bertz CT molecular complexity index is 153.